The third kappa shape index (κ3) is 6.32. The lowest BCUT2D eigenvalue weighted by atomic mass is 10.0. The summed E-state index contributed by atoms with van der Waals surface area (Å²) >= 11 is 0. The zero-order chi connectivity index (χ0) is 25.4. The van der Waals surface area contributed by atoms with Crippen molar-refractivity contribution in [3.8, 4) is 17.3 Å². The highest BCUT2D eigenvalue weighted by Crippen LogP contribution is 2.29. The Morgan fingerprint density at radius 2 is 1.77 bits per heavy atom. The molecule has 0 fully saturated rings. The molecule has 3 aromatic rings. The van der Waals surface area contributed by atoms with E-state index in [1.54, 1.807) is 6.08 Å². The van der Waals surface area contributed by atoms with Crippen molar-refractivity contribution in [1.82, 2.24) is 9.88 Å². The number of aliphatic hydroxyl groups excluding tert-OH is 1. The smallest absolute Gasteiger partial charge is 0.262 e. The van der Waals surface area contributed by atoms with E-state index in [-0.39, 0.29) is 12.1 Å². The Morgan fingerprint density at radius 1 is 1.09 bits per heavy atom. The molecule has 0 aliphatic heterocycles. The third-order valence-corrected chi connectivity index (χ3v) is 6.26. The second-order valence-electron chi connectivity index (χ2n) is 8.88. The van der Waals surface area contributed by atoms with Crippen LogP contribution in [0.4, 0.5) is 5.69 Å². The Labute approximate surface area is 208 Å². The lowest BCUT2D eigenvalue weighted by Gasteiger charge is -2.24. The number of rotatable bonds is 11. The lowest BCUT2D eigenvalue weighted by molar-refractivity contribution is -0.117. The van der Waals surface area contributed by atoms with Crippen LogP contribution in [0.1, 0.15) is 45.7 Å². The first-order chi connectivity index (χ1) is 16.9. The molecule has 35 heavy (non-hydrogen) atoms. The van der Waals surface area contributed by atoms with E-state index in [1.807, 2.05) is 36.7 Å². The number of hydrogen-bond acceptors (Lipinski definition) is 4. The zero-order valence-electron chi connectivity index (χ0n) is 21.2. The van der Waals surface area contributed by atoms with Gasteiger partial charge in [-0.25, -0.2) is 0 Å². The van der Waals surface area contributed by atoms with E-state index in [2.05, 4.69) is 60.5 Å². The number of nitrogens with zero attached hydrogens (tertiary/aromatic N) is 3. The van der Waals surface area contributed by atoms with Gasteiger partial charge in [0.2, 0.25) is 0 Å². The molecule has 0 saturated carbocycles. The first-order valence-corrected chi connectivity index (χ1v) is 12.4. The first-order valence-electron chi connectivity index (χ1n) is 12.4. The molecule has 2 aromatic carbocycles. The summed E-state index contributed by atoms with van der Waals surface area (Å²) in [5, 5.41) is 24.1. The molecule has 0 bridgehead atoms. The van der Waals surface area contributed by atoms with E-state index in [0.717, 1.165) is 42.9 Å². The molecule has 184 valence electrons. The molecule has 0 radical (unpaired) electrons. The third-order valence-electron chi connectivity index (χ3n) is 6.26. The molecule has 1 heterocycles. The van der Waals surface area contributed by atoms with Crippen LogP contribution in [0.5, 0.6) is 0 Å². The number of benzene rings is 2. The molecule has 0 aliphatic carbocycles. The topological polar surface area (TPSA) is 81.3 Å². The van der Waals surface area contributed by atoms with Crippen molar-refractivity contribution in [3.05, 3.63) is 59.8 Å². The van der Waals surface area contributed by atoms with Gasteiger partial charge in [-0.05, 0) is 72.0 Å². The highest BCUT2D eigenvalue weighted by Gasteiger charge is 2.13. The summed E-state index contributed by atoms with van der Waals surface area (Å²) in [6.07, 6.45) is 3.75. The second kappa shape index (κ2) is 12.2. The number of fused-ring (bicyclic) bond motifs is 1. The molecule has 6 heteroatoms. The summed E-state index contributed by atoms with van der Waals surface area (Å²) in [6.45, 7) is 8.49. The summed E-state index contributed by atoms with van der Waals surface area (Å²) < 4.78 is 1.98. The van der Waals surface area contributed by atoms with Crippen LogP contribution in [0, 0.1) is 11.3 Å². The van der Waals surface area contributed by atoms with Gasteiger partial charge in [-0.3, -0.25) is 4.79 Å². The van der Waals surface area contributed by atoms with Crippen LogP contribution in [-0.2, 0) is 11.8 Å². The average molecular weight is 473 g/mol. The van der Waals surface area contributed by atoms with Crippen LogP contribution >= 0.6 is 0 Å². The standard InChI is InChI=1S/C29H36N4O2/c1-5-14-33(15-6-2)26-11-10-21-16-23(9-8-22(21)17-26)28-13-12-25(32(28)4)18-24(19-30)29(35)31-20-27(34)7-3/h8-13,16-18,27,34H,5-7,14-15,20H2,1-4H3,(H,31,35)/b24-18+. The summed E-state index contributed by atoms with van der Waals surface area (Å²) in [5.41, 5.74) is 4.10. The summed E-state index contributed by atoms with van der Waals surface area (Å²) in [6, 6.07) is 19.0. The molecule has 1 amide bonds. The van der Waals surface area contributed by atoms with Gasteiger partial charge in [-0.15, -0.1) is 0 Å². The van der Waals surface area contributed by atoms with Gasteiger partial charge in [0.15, 0.2) is 0 Å². The number of carbonyl (C=O) groups excluding carboxylic acids is 1. The molecule has 3 rings (SSSR count). The Hall–Kier alpha value is -3.56. The normalized spacial score (nSPS) is 12.4. The van der Waals surface area contributed by atoms with Gasteiger partial charge >= 0.3 is 0 Å². The number of hydrogen-bond donors (Lipinski definition) is 2. The van der Waals surface area contributed by atoms with Gasteiger partial charge in [0, 0.05) is 43.8 Å². The predicted octanol–water partition coefficient (Wildman–Crippen LogP) is 5.27. The Bertz CT molecular complexity index is 1230. The average Bonchev–Trinajstić information content (AvgIpc) is 3.24. The molecule has 1 unspecified atom stereocenters. The molecule has 2 N–H and O–H groups in total. The highest BCUT2D eigenvalue weighted by atomic mass is 16.3. The number of nitriles is 1. The maximum absolute atomic E-state index is 12.4. The number of carbonyl (C=O) groups is 1. The molecule has 1 atom stereocenters. The SMILES string of the molecule is CCCN(CCC)c1ccc2cc(-c3ccc(/C=C(\C#N)C(=O)NCC(O)CC)n3C)ccc2c1. The van der Waals surface area contributed by atoms with Gasteiger partial charge in [-0.1, -0.05) is 39.0 Å². The van der Waals surface area contributed by atoms with E-state index in [1.165, 1.54) is 16.5 Å². The molecule has 1 aromatic heterocycles. The predicted molar refractivity (Wildman–Crippen MR) is 144 cm³/mol. The maximum Gasteiger partial charge on any atom is 0.262 e. The van der Waals surface area contributed by atoms with E-state index < -0.39 is 12.0 Å². The van der Waals surface area contributed by atoms with Crippen LogP contribution in [-0.4, -0.2) is 41.3 Å². The van der Waals surface area contributed by atoms with Gasteiger partial charge in [0.25, 0.3) is 5.91 Å². The minimum atomic E-state index is -0.620. The number of aromatic nitrogens is 1. The molecule has 6 nitrogen and oxygen atoms in total. The number of anilines is 1. The summed E-state index contributed by atoms with van der Waals surface area (Å²) in [7, 11) is 1.93. The van der Waals surface area contributed by atoms with Crippen molar-refractivity contribution < 1.29 is 9.90 Å². The molecular formula is C29H36N4O2. The minimum absolute atomic E-state index is 0.0100. The van der Waals surface area contributed by atoms with Crippen LogP contribution < -0.4 is 10.2 Å². The Balaban J connectivity index is 1.86. The van der Waals surface area contributed by atoms with Gasteiger partial charge in [0.1, 0.15) is 11.6 Å². The quantitative estimate of drug-likeness (QED) is 0.294. The number of amides is 1. The molecule has 0 saturated heterocycles. The van der Waals surface area contributed by atoms with Crippen LogP contribution in [0.3, 0.4) is 0 Å². The maximum atomic E-state index is 12.4. The van der Waals surface area contributed by atoms with Crippen molar-refractivity contribution in [2.75, 3.05) is 24.5 Å². The van der Waals surface area contributed by atoms with Crippen LogP contribution in [0.25, 0.3) is 28.1 Å². The van der Waals surface area contributed by atoms with Gasteiger partial charge in [0.05, 0.1) is 6.10 Å². The van der Waals surface area contributed by atoms with E-state index in [9.17, 15) is 15.2 Å². The van der Waals surface area contributed by atoms with Crippen molar-refractivity contribution in [2.45, 2.75) is 46.1 Å². The highest BCUT2D eigenvalue weighted by molar-refractivity contribution is 6.01. The van der Waals surface area contributed by atoms with E-state index in [4.69, 9.17) is 0 Å². The van der Waals surface area contributed by atoms with Gasteiger partial charge in [-0.2, -0.15) is 5.26 Å². The van der Waals surface area contributed by atoms with Crippen molar-refractivity contribution in [1.29, 1.82) is 5.26 Å². The summed E-state index contributed by atoms with van der Waals surface area (Å²) in [4.78, 5) is 14.8. The molecule has 0 spiro atoms. The molecule has 0 aliphatic rings. The Morgan fingerprint density at radius 3 is 2.43 bits per heavy atom. The lowest BCUT2D eigenvalue weighted by Crippen LogP contribution is -2.32. The van der Waals surface area contributed by atoms with Crippen molar-refractivity contribution in [3.63, 3.8) is 0 Å². The summed E-state index contributed by atoms with van der Waals surface area (Å²) in [5.74, 6) is -0.482. The largest absolute Gasteiger partial charge is 0.391 e. The van der Waals surface area contributed by atoms with E-state index >= 15 is 0 Å². The Kier molecular flexibility index (Phi) is 9.11. The first kappa shape index (κ1) is 26.1. The van der Waals surface area contributed by atoms with Crippen LogP contribution in [0.15, 0.2) is 54.1 Å². The fourth-order valence-corrected chi connectivity index (χ4v) is 4.21. The van der Waals surface area contributed by atoms with Crippen molar-refractivity contribution in [2.24, 2.45) is 7.05 Å². The zero-order valence-corrected chi connectivity index (χ0v) is 21.2. The number of nitrogens with one attached hydrogen (secondary N) is 1. The fourth-order valence-electron chi connectivity index (χ4n) is 4.21. The van der Waals surface area contributed by atoms with Crippen LogP contribution in [0.2, 0.25) is 0 Å². The van der Waals surface area contributed by atoms with E-state index in [0.29, 0.717) is 6.42 Å². The van der Waals surface area contributed by atoms with Crippen molar-refractivity contribution >= 4 is 28.4 Å². The fraction of sp³-hybridized carbons (Fsp3) is 0.379. The monoisotopic (exact) mass is 472 g/mol. The number of aliphatic hydroxyl groups is 1. The minimum Gasteiger partial charge on any atom is -0.391 e. The second-order valence-corrected chi connectivity index (χ2v) is 8.88. The molecular weight excluding hydrogens is 436 g/mol. The van der Waals surface area contributed by atoms with Gasteiger partial charge < -0.3 is 19.9 Å².